The average Bonchev–Trinajstić information content (AvgIpc) is 2.40. The van der Waals surface area contributed by atoms with Crippen molar-refractivity contribution in [3.63, 3.8) is 0 Å². The second-order valence-corrected chi connectivity index (χ2v) is 7.03. The summed E-state index contributed by atoms with van der Waals surface area (Å²) in [6.07, 6.45) is 0. The first kappa shape index (κ1) is 16.8. The number of benzene rings is 2. The second-order valence-electron chi connectivity index (χ2n) is 4.10. The van der Waals surface area contributed by atoms with Crippen LogP contribution in [0.15, 0.2) is 41.3 Å². The van der Waals surface area contributed by atoms with E-state index in [4.69, 9.17) is 34.8 Å². The molecule has 0 spiro atoms. The van der Waals surface area contributed by atoms with Gasteiger partial charge in [-0.1, -0.05) is 34.8 Å². The van der Waals surface area contributed by atoms with Gasteiger partial charge in [0.05, 0.1) is 9.95 Å². The van der Waals surface area contributed by atoms with Crippen LogP contribution in [-0.4, -0.2) is 13.3 Å². The fraction of sp³-hybridized carbons (Fsp3) is 0. The van der Waals surface area contributed by atoms with E-state index < -0.39 is 20.6 Å². The molecule has 0 aliphatic carbocycles. The predicted octanol–water partition coefficient (Wildman–Crippen LogP) is 4.36. The number of rotatable bonds is 4. The number of hydrogen-bond acceptors (Lipinski definition) is 4. The van der Waals surface area contributed by atoms with Crippen molar-refractivity contribution in [1.82, 2.24) is 0 Å². The van der Waals surface area contributed by atoms with Gasteiger partial charge in [-0.15, -0.1) is 0 Å². The Balaban J connectivity index is 2.52. The number of hydrogen-bond donors (Lipinski definition) is 1. The van der Waals surface area contributed by atoms with Crippen LogP contribution in [0.3, 0.4) is 0 Å². The van der Waals surface area contributed by atoms with Crippen LogP contribution in [0.2, 0.25) is 15.1 Å². The molecule has 0 heterocycles. The molecule has 0 saturated carbocycles. The highest BCUT2D eigenvalue weighted by molar-refractivity contribution is 7.92. The molecule has 0 radical (unpaired) electrons. The summed E-state index contributed by atoms with van der Waals surface area (Å²) in [5, 5.41) is 11.2. The van der Waals surface area contributed by atoms with Crippen LogP contribution < -0.4 is 4.72 Å². The van der Waals surface area contributed by atoms with Gasteiger partial charge in [-0.2, -0.15) is 0 Å². The van der Waals surface area contributed by atoms with Gasteiger partial charge in [0.1, 0.15) is 10.6 Å². The first-order chi connectivity index (χ1) is 10.2. The summed E-state index contributed by atoms with van der Waals surface area (Å²) in [6.45, 7) is 0. The van der Waals surface area contributed by atoms with Gasteiger partial charge in [-0.05, 0) is 30.3 Å². The van der Waals surface area contributed by atoms with Crippen molar-refractivity contribution in [1.29, 1.82) is 0 Å². The lowest BCUT2D eigenvalue weighted by Gasteiger charge is -2.10. The van der Waals surface area contributed by atoms with E-state index in [9.17, 15) is 18.5 Å². The highest BCUT2D eigenvalue weighted by atomic mass is 35.5. The Hall–Kier alpha value is -1.54. The lowest BCUT2D eigenvalue weighted by Crippen LogP contribution is -2.14. The van der Waals surface area contributed by atoms with E-state index >= 15 is 0 Å². The number of anilines is 1. The third-order valence-electron chi connectivity index (χ3n) is 2.58. The number of halogens is 3. The maximum atomic E-state index is 12.3. The van der Waals surface area contributed by atoms with E-state index in [0.717, 1.165) is 18.2 Å². The molecule has 0 saturated heterocycles. The van der Waals surface area contributed by atoms with Crippen molar-refractivity contribution >= 4 is 56.2 Å². The van der Waals surface area contributed by atoms with Gasteiger partial charge in [0.25, 0.3) is 15.7 Å². The van der Waals surface area contributed by atoms with Gasteiger partial charge >= 0.3 is 0 Å². The van der Waals surface area contributed by atoms with Crippen LogP contribution >= 0.6 is 34.8 Å². The zero-order chi connectivity index (χ0) is 16.5. The first-order valence-electron chi connectivity index (χ1n) is 5.62. The van der Waals surface area contributed by atoms with Gasteiger partial charge in [-0.25, -0.2) is 8.42 Å². The van der Waals surface area contributed by atoms with Gasteiger partial charge in [0.2, 0.25) is 0 Å². The van der Waals surface area contributed by atoms with Crippen molar-refractivity contribution in [2.24, 2.45) is 0 Å². The summed E-state index contributed by atoms with van der Waals surface area (Å²) in [6, 6.07) is 7.39. The van der Waals surface area contributed by atoms with E-state index in [1.807, 2.05) is 0 Å². The monoisotopic (exact) mass is 380 g/mol. The summed E-state index contributed by atoms with van der Waals surface area (Å²) in [5.41, 5.74) is -0.709. The standard InChI is InChI=1S/C12H7Cl3N2O4S/c13-7-2-4-11(17(18)19)10(5-7)16-22(20,21)12-6-8(14)1-3-9(12)15/h1-6,16H. The Labute approximate surface area is 140 Å². The quantitative estimate of drug-likeness (QED) is 0.629. The molecule has 2 aromatic carbocycles. The summed E-state index contributed by atoms with van der Waals surface area (Å²) >= 11 is 17.3. The number of nitrogens with zero attached hydrogens (tertiary/aromatic N) is 1. The van der Waals surface area contributed by atoms with Gasteiger partial charge in [-0.3, -0.25) is 14.8 Å². The second kappa shape index (κ2) is 6.29. The van der Waals surface area contributed by atoms with Crippen LogP contribution in [0.25, 0.3) is 0 Å². The fourth-order valence-corrected chi connectivity index (χ4v) is 3.63. The molecule has 0 amide bonds. The number of nitro benzene ring substituents is 1. The Kier molecular flexibility index (Phi) is 4.81. The molecule has 1 N–H and O–H groups in total. The topological polar surface area (TPSA) is 89.3 Å². The molecule has 0 atom stereocenters. The minimum atomic E-state index is -4.17. The highest BCUT2D eigenvalue weighted by Crippen LogP contribution is 2.32. The Morgan fingerprint density at radius 3 is 2.23 bits per heavy atom. The summed E-state index contributed by atoms with van der Waals surface area (Å²) < 4.78 is 26.8. The molecule has 2 aromatic rings. The molecule has 116 valence electrons. The summed E-state index contributed by atoms with van der Waals surface area (Å²) in [7, 11) is -4.17. The van der Waals surface area contributed by atoms with Crippen molar-refractivity contribution < 1.29 is 13.3 Å². The third-order valence-corrected chi connectivity index (χ3v) is 4.90. The number of nitrogens with one attached hydrogen (secondary N) is 1. The number of nitro groups is 1. The van der Waals surface area contributed by atoms with Crippen LogP contribution in [-0.2, 0) is 10.0 Å². The van der Waals surface area contributed by atoms with E-state index in [0.29, 0.717) is 0 Å². The van der Waals surface area contributed by atoms with Gasteiger partial charge < -0.3 is 0 Å². The molecule has 0 aromatic heterocycles. The zero-order valence-corrected chi connectivity index (χ0v) is 13.7. The van der Waals surface area contributed by atoms with E-state index in [1.54, 1.807) is 0 Å². The molecule has 0 unspecified atom stereocenters. The van der Waals surface area contributed by atoms with E-state index in [1.165, 1.54) is 18.2 Å². The molecule has 0 aliphatic heterocycles. The molecule has 6 nitrogen and oxygen atoms in total. The molecule has 10 heteroatoms. The molecular weight excluding hydrogens is 375 g/mol. The largest absolute Gasteiger partial charge is 0.293 e. The Bertz CT molecular complexity index is 855. The van der Waals surface area contributed by atoms with Gasteiger partial charge in [0.15, 0.2) is 0 Å². The molecule has 0 fully saturated rings. The van der Waals surface area contributed by atoms with E-state index in [-0.39, 0.29) is 25.7 Å². The van der Waals surface area contributed by atoms with Crippen LogP contribution in [0.1, 0.15) is 0 Å². The smallest absolute Gasteiger partial charge is 0.273 e. The Morgan fingerprint density at radius 2 is 1.59 bits per heavy atom. The van der Waals surface area contributed by atoms with E-state index in [2.05, 4.69) is 4.72 Å². The predicted molar refractivity (Wildman–Crippen MR) is 85.4 cm³/mol. The summed E-state index contributed by atoms with van der Waals surface area (Å²) in [4.78, 5) is 9.93. The first-order valence-corrected chi connectivity index (χ1v) is 8.24. The minimum Gasteiger partial charge on any atom is -0.273 e. The fourth-order valence-electron chi connectivity index (χ4n) is 1.63. The van der Waals surface area contributed by atoms with Crippen molar-refractivity contribution in [2.45, 2.75) is 4.90 Å². The third kappa shape index (κ3) is 3.61. The van der Waals surface area contributed by atoms with Crippen LogP contribution in [0, 0.1) is 10.1 Å². The maximum Gasteiger partial charge on any atom is 0.293 e. The molecular formula is C12H7Cl3N2O4S. The molecule has 0 aliphatic rings. The van der Waals surface area contributed by atoms with Gasteiger partial charge in [0, 0.05) is 16.1 Å². The SMILES string of the molecule is O=[N+]([O-])c1ccc(Cl)cc1NS(=O)(=O)c1cc(Cl)ccc1Cl. The van der Waals surface area contributed by atoms with Crippen LogP contribution in [0.4, 0.5) is 11.4 Å². The van der Waals surface area contributed by atoms with Crippen molar-refractivity contribution in [3.8, 4) is 0 Å². The van der Waals surface area contributed by atoms with Crippen molar-refractivity contribution in [3.05, 3.63) is 61.6 Å². The highest BCUT2D eigenvalue weighted by Gasteiger charge is 2.23. The van der Waals surface area contributed by atoms with Crippen LogP contribution in [0.5, 0.6) is 0 Å². The Morgan fingerprint density at radius 1 is 1.00 bits per heavy atom. The minimum absolute atomic E-state index is 0.0680. The zero-order valence-electron chi connectivity index (χ0n) is 10.6. The maximum absolute atomic E-state index is 12.3. The lowest BCUT2D eigenvalue weighted by atomic mass is 10.3. The van der Waals surface area contributed by atoms with Crippen molar-refractivity contribution in [2.75, 3.05) is 4.72 Å². The summed E-state index contributed by atoms with van der Waals surface area (Å²) in [5.74, 6) is 0. The average molecular weight is 382 g/mol. The molecule has 2 rings (SSSR count). The molecule has 22 heavy (non-hydrogen) atoms. The number of sulfonamides is 1. The normalized spacial score (nSPS) is 11.2. The molecule has 0 bridgehead atoms. The lowest BCUT2D eigenvalue weighted by molar-refractivity contribution is -0.383.